The third-order valence-corrected chi connectivity index (χ3v) is 7.91. The number of hydrogen-bond acceptors (Lipinski definition) is 13. The number of rotatable bonds is 10. The second-order valence-electron chi connectivity index (χ2n) is 13.5. The number of carbonyl (C=O) groups is 4. The highest BCUT2D eigenvalue weighted by Crippen LogP contribution is 2.38. The summed E-state index contributed by atoms with van der Waals surface area (Å²) < 4.78 is 29.7. The molecule has 3 aromatic rings. The van der Waals surface area contributed by atoms with Crippen molar-refractivity contribution < 1.29 is 48.0 Å². The largest absolute Gasteiger partial charge is 0.463 e. The fraction of sp³-hybridized carbons (Fsp3) is 0.545. The van der Waals surface area contributed by atoms with Gasteiger partial charge >= 0.3 is 18.2 Å². The van der Waals surface area contributed by atoms with Crippen molar-refractivity contribution in [3.8, 4) is 0 Å². The first-order valence-electron chi connectivity index (χ1n) is 15.8. The number of alkyl halides is 1. The van der Waals surface area contributed by atoms with Gasteiger partial charge in [-0.05, 0) is 72.6 Å². The van der Waals surface area contributed by atoms with Crippen molar-refractivity contribution in [3.05, 3.63) is 47.5 Å². The molecule has 17 heteroatoms. The lowest BCUT2D eigenvalue weighted by Crippen LogP contribution is -2.52. The quantitative estimate of drug-likeness (QED) is 0.0947. The second kappa shape index (κ2) is 15.2. The molecule has 1 aliphatic rings. The summed E-state index contributed by atoms with van der Waals surface area (Å²) in [5.41, 5.74) is -3.50. The van der Waals surface area contributed by atoms with Crippen LogP contribution in [0.1, 0.15) is 67.2 Å². The van der Waals surface area contributed by atoms with Crippen LogP contribution in [0.25, 0.3) is 11.2 Å². The highest BCUT2D eigenvalue weighted by molar-refractivity contribution is 6.29. The summed E-state index contributed by atoms with van der Waals surface area (Å²) in [6.45, 7) is 12.1. The number of hydrogen-bond donors (Lipinski definition) is 1. The average Bonchev–Trinajstić information content (AvgIpc) is 3.53. The first-order chi connectivity index (χ1) is 23.3. The molecule has 0 bridgehead atoms. The summed E-state index contributed by atoms with van der Waals surface area (Å²) in [5.74, 6) is -1.83. The van der Waals surface area contributed by atoms with Crippen molar-refractivity contribution in [2.45, 2.75) is 102 Å². The molecule has 0 radical (unpaired) electrons. The van der Waals surface area contributed by atoms with E-state index in [1.165, 1.54) is 17.8 Å². The number of nitrogens with zero attached hydrogens (tertiary/aromatic N) is 5. The molecule has 0 saturated carbocycles. The van der Waals surface area contributed by atoms with Gasteiger partial charge in [-0.2, -0.15) is 14.9 Å². The number of imidazole rings is 1. The number of imide groups is 1. The number of esters is 1. The number of aromatic nitrogens is 4. The van der Waals surface area contributed by atoms with Gasteiger partial charge in [-0.3, -0.25) is 9.36 Å². The number of amides is 2. The molecule has 50 heavy (non-hydrogen) atoms. The van der Waals surface area contributed by atoms with E-state index in [1.54, 1.807) is 78.8 Å². The van der Waals surface area contributed by atoms with Gasteiger partial charge in [0, 0.05) is 6.42 Å². The van der Waals surface area contributed by atoms with E-state index in [0.717, 1.165) is 0 Å². The maximum Gasteiger partial charge on any atom is 0.425 e. The Bertz CT molecular complexity index is 1700. The number of halogens is 2. The summed E-state index contributed by atoms with van der Waals surface area (Å²) >= 11 is 13.0. The van der Waals surface area contributed by atoms with Gasteiger partial charge in [0.2, 0.25) is 10.9 Å². The molecular weight excluding hydrogens is 697 g/mol. The fourth-order valence-corrected chi connectivity index (χ4v) is 5.56. The van der Waals surface area contributed by atoms with E-state index >= 15 is 0 Å². The minimum atomic E-state index is -2.04. The lowest BCUT2D eigenvalue weighted by atomic mass is 9.90. The van der Waals surface area contributed by atoms with Gasteiger partial charge in [0.25, 0.3) is 0 Å². The Morgan fingerprint density at radius 2 is 1.60 bits per heavy atom. The van der Waals surface area contributed by atoms with Crippen LogP contribution >= 0.6 is 23.2 Å². The molecule has 15 nitrogen and oxygen atoms in total. The number of Topliss-reactive ketones (excluding diaryl/α,β-unsaturated/α-hetero) is 1. The SMILES string of the molecule is CCOC(=O)C(Cc1ccccc1)(OC[C@H]1O[C@@H](n2cnc3c(N(C(=O)OC(C)(C)C)C(=O)OC(C)(C)C)nc(Cl)nc32)[C@@H](Cl)[C@@H]1O)C(C)=O. The van der Waals surface area contributed by atoms with Crippen molar-refractivity contribution >= 4 is 64.1 Å². The maximum atomic E-state index is 13.4. The first-order valence-corrected chi connectivity index (χ1v) is 16.6. The topological polar surface area (TPSA) is 182 Å². The van der Waals surface area contributed by atoms with Crippen molar-refractivity contribution in [1.82, 2.24) is 19.5 Å². The van der Waals surface area contributed by atoms with E-state index < -0.39 is 71.2 Å². The molecule has 1 unspecified atom stereocenters. The molecule has 1 saturated heterocycles. The second-order valence-corrected chi connectivity index (χ2v) is 14.4. The number of ether oxygens (including phenoxy) is 5. The maximum absolute atomic E-state index is 13.4. The van der Waals surface area contributed by atoms with Crippen LogP contribution in [0.3, 0.4) is 0 Å². The fourth-order valence-electron chi connectivity index (χ4n) is 5.05. The smallest absolute Gasteiger partial charge is 0.425 e. The molecular formula is C33H41Cl2N5O10. The van der Waals surface area contributed by atoms with E-state index in [-0.39, 0.29) is 35.3 Å². The molecule has 1 N–H and O–H groups in total. The molecule has 1 fully saturated rings. The van der Waals surface area contributed by atoms with Crippen LogP contribution in [0.4, 0.5) is 15.4 Å². The monoisotopic (exact) mass is 737 g/mol. The van der Waals surface area contributed by atoms with Gasteiger partial charge in [0.1, 0.15) is 28.8 Å². The van der Waals surface area contributed by atoms with Gasteiger partial charge < -0.3 is 28.8 Å². The number of aliphatic hydroxyl groups is 1. The lowest BCUT2D eigenvalue weighted by molar-refractivity contribution is -0.183. The number of ketones is 1. The van der Waals surface area contributed by atoms with Gasteiger partial charge in [-0.1, -0.05) is 30.3 Å². The Hall–Kier alpha value is -3.89. The molecule has 2 aromatic heterocycles. The summed E-state index contributed by atoms with van der Waals surface area (Å²) in [6, 6.07) is 8.79. The Kier molecular flexibility index (Phi) is 11.8. The van der Waals surface area contributed by atoms with Crippen LogP contribution in [0.5, 0.6) is 0 Å². The van der Waals surface area contributed by atoms with Crippen molar-refractivity contribution in [2.24, 2.45) is 0 Å². The summed E-state index contributed by atoms with van der Waals surface area (Å²) in [4.78, 5) is 66.2. The van der Waals surface area contributed by atoms with Gasteiger partial charge in [-0.15, -0.1) is 11.6 Å². The van der Waals surface area contributed by atoms with Crippen molar-refractivity contribution in [3.63, 3.8) is 0 Å². The summed E-state index contributed by atoms with van der Waals surface area (Å²) in [7, 11) is 0. The predicted molar refractivity (Wildman–Crippen MR) is 181 cm³/mol. The van der Waals surface area contributed by atoms with Crippen LogP contribution in [-0.4, -0.2) is 96.2 Å². The molecule has 2 amide bonds. The zero-order chi connectivity index (χ0) is 37.2. The van der Waals surface area contributed by atoms with Crippen LogP contribution in [-0.2, 0) is 39.7 Å². The van der Waals surface area contributed by atoms with E-state index in [4.69, 9.17) is 46.9 Å². The highest BCUT2D eigenvalue weighted by atomic mass is 35.5. The first kappa shape index (κ1) is 38.9. The van der Waals surface area contributed by atoms with Gasteiger partial charge in [0.05, 0.1) is 19.5 Å². The van der Waals surface area contributed by atoms with E-state index in [1.807, 2.05) is 0 Å². The molecule has 3 heterocycles. The molecule has 1 aromatic carbocycles. The van der Waals surface area contributed by atoms with Gasteiger partial charge in [0.15, 0.2) is 29.0 Å². The van der Waals surface area contributed by atoms with Crippen LogP contribution in [0.15, 0.2) is 36.7 Å². The average molecular weight is 739 g/mol. The van der Waals surface area contributed by atoms with Crippen LogP contribution in [0.2, 0.25) is 5.28 Å². The molecule has 4 rings (SSSR count). The zero-order valence-corrected chi connectivity index (χ0v) is 30.5. The molecule has 5 atom stereocenters. The number of aliphatic hydroxyl groups excluding tert-OH is 1. The zero-order valence-electron chi connectivity index (χ0n) is 29.0. The minimum Gasteiger partial charge on any atom is -0.463 e. The van der Waals surface area contributed by atoms with E-state index in [2.05, 4.69) is 15.0 Å². The number of carbonyl (C=O) groups excluding carboxylic acids is 4. The Morgan fingerprint density at radius 1 is 1.00 bits per heavy atom. The number of fused-ring (bicyclic) bond motifs is 1. The third-order valence-electron chi connectivity index (χ3n) is 7.27. The Balaban J connectivity index is 1.69. The summed E-state index contributed by atoms with van der Waals surface area (Å²) in [5, 5.41) is 9.64. The standard InChI is InChI=1S/C33H41Cl2N5O10/c1-9-46-27(43)33(18(2)41,15-19-13-11-10-12-14-19)47-16-20-23(42)21(34)26(48-20)39-17-36-22-24(39)37-28(35)38-25(22)40(29(44)49-31(3,4)5)30(45)50-32(6,7)8/h10-14,17,20-21,23,26,42H,9,15-16H2,1-8H3/t20-,21+,23-,26-,33?/m1/s1. The number of anilines is 1. The molecule has 272 valence electrons. The molecule has 0 spiro atoms. The summed E-state index contributed by atoms with van der Waals surface area (Å²) in [6.07, 6.45) is -4.78. The normalized spacial score (nSPS) is 20.6. The minimum absolute atomic E-state index is 0.000212. The van der Waals surface area contributed by atoms with Crippen molar-refractivity contribution in [1.29, 1.82) is 0 Å². The van der Waals surface area contributed by atoms with Crippen molar-refractivity contribution in [2.75, 3.05) is 18.1 Å². The molecule has 1 aliphatic heterocycles. The van der Waals surface area contributed by atoms with Crippen LogP contribution in [0, 0.1) is 0 Å². The lowest BCUT2D eigenvalue weighted by Gasteiger charge is -2.30. The van der Waals surface area contributed by atoms with E-state index in [0.29, 0.717) is 10.5 Å². The van der Waals surface area contributed by atoms with Crippen LogP contribution < -0.4 is 4.90 Å². The Labute approximate surface area is 299 Å². The van der Waals surface area contributed by atoms with E-state index in [9.17, 15) is 24.3 Å². The molecule has 0 aliphatic carbocycles. The predicted octanol–water partition coefficient (Wildman–Crippen LogP) is 5.17. The number of benzene rings is 1. The highest BCUT2D eigenvalue weighted by Gasteiger charge is 2.50. The third kappa shape index (κ3) is 8.69. The Morgan fingerprint density at radius 3 is 2.14 bits per heavy atom. The van der Waals surface area contributed by atoms with Gasteiger partial charge in [-0.25, -0.2) is 19.4 Å².